The van der Waals surface area contributed by atoms with E-state index in [2.05, 4.69) is 16.5 Å². The van der Waals surface area contributed by atoms with Crippen LogP contribution >= 0.6 is 0 Å². The van der Waals surface area contributed by atoms with Gasteiger partial charge in [-0.2, -0.15) is 13.2 Å². The van der Waals surface area contributed by atoms with Crippen molar-refractivity contribution in [1.29, 1.82) is 0 Å². The van der Waals surface area contributed by atoms with Crippen molar-refractivity contribution in [3.8, 4) is 0 Å². The molecule has 0 aliphatic heterocycles. The first-order valence-electron chi connectivity index (χ1n) is 8.39. The molecular weight excluding hydrogens is 387 g/mol. The van der Waals surface area contributed by atoms with Crippen LogP contribution in [-0.4, -0.2) is 23.9 Å². The molecule has 149 valence electrons. The fraction of sp³-hybridized carbons (Fsp3) is 0.765. The van der Waals surface area contributed by atoms with Gasteiger partial charge >= 0.3 is 17.8 Å². The number of unbranched alkanes of at least 4 members (excludes halogenated alkanes) is 9. The number of halogens is 3. The minimum atomic E-state index is -5.13. The predicted molar refractivity (Wildman–Crippen MR) is 85.1 cm³/mol. The Labute approximate surface area is 158 Å². The molecule has 1 N–H and O–H groups in total. The normalized spacial score (nSPS) is 12.0. The molecule has 0 aliphatic carbocycles. The summed E-state index contributed by atoms with van der Waals surface area (Å²) in [5, 5.41) is 8.83. The van der Waals surface area contributed by atoms with E-state index in [4.69, 9.17) is 11.7 Å². The van der Waals surface area contributed by atoms with Gasteiger partial charge in [-0.05, 0) is 6.42 Å². The van der Waals surface area contributed by atoms with Gasteiger partial charge in [-0.25, -0.2) is 4.85 Å². The Morgan fingerprint density at radius 3 is 1.84 bits per heavy atom. The van der Waals surface area contributed by atoms with Crippen molar-refractivity contribution in [2.45, 2.75) is 77.3 Å². The summed E-state index contributed by atoms with van der Waals surface area (Å²) in [6.45, 7) is 8.68. The Balaban J connectivity index is 0. The molecule has 0 atom stereocenters. The maximum atomic E-state index is 12.2. The summed E-state index contributed by atoms with van der Waals surface area (Å²) in [7, 11) is 0. The maximum Gasteiger partial charge on any atom is 0.438 e. The molecule has 0 spiro atoms. The van der Waals surface area contributed by atoms with Crippen molar-refractivity contribution in [2.24, 2.45) is 0 Å². The standard InChI is InChI=1S/C17H26F3NO3.Cu/c1-3-4-5-6-7-8-9-10-11-12-13-24-16(23)14(21-2)15(22)17(18,19)20;/h22H,3-13H2,1H3;/b15-14+;. The van der Waals surface area contributed by atoms with Gasteiger partial charge in [0.2, 0.25) is 5.76 Å². The fourth-order valence-corrected chi connectivity index (χ4v) is 2.15. The molecule has 0 aromatic heterocycles. The molecule has 4 nitrogen and oxygen atoms in total. The Morgan fingerprint density at radius 1 is 1.00 bits per heavy atom. The second-order valence-corrected chi connectivity index (χ2v) is 5.62. The number of ether oxygens (including phenoxy) is 1. The molecule has 0 amide bonds. The largest absolute Gasteiger partial charge is 0.515 e. The van der Waals surface area contributed by atoms with Gasteiger partial charge in [0.05, 0.1) is 13.2 Å². The third-order valence-corrected chi connectivity index (χ3v) is 3.53. The van der Waals surface area contributed by atoms with Crippen molar-refractivity contribution >= 4 is 5.97 Å². The minimum absolute atomic E-state index is 0. The molecular formula is C17H26CuF3NO3. The third-order valence-electron chi connectivity index (χ3n) is 3.53. The number of aliphatic hydroxyl groups is 1. The van der Waals surface area contributed by atoms with Crippen LogP contribution in [0.4, 0.5) is 13.2 Å². The molecule has 0 saturated heterocycles. The van der Waals surface area contributed by atoms with Gasteiger partial charge in [-0.3, -0.25) is 4.79 Å². The quantitative estimate of drug-likeness (QED) is 0.112. The number of carbonyl (C=O) groups is 1. The Hall–Kier alpha value is -1.19. The summed E-state index contributed by atoms with van der Waals surface area (Å²) in [6, 6.07) is 0. The number of hydrogen-bond acceptors (Lipinski definition) is 3. The van der Waals surface area contributed by atoms with Crippen LogP contribution in [0.25, 0.3) is 4.85 Å². The summed E-state index contributed by atoms with van der Waals surface area (Å²) in [4.78, 5) is 13.8. The second-order valence-electron chi connectivity index (χ2n) is 5.62. The van der Waals surface area contributed by atoms with Crippen LogP contribution in [0.3, 0.4) is 0 Å². The summed E-state index contributed by atoms with van der Waals surface area (Å²) < 4.78 is 41.4. The van der Waals surface area contributed by atoms with Crippen molar-refractivity contribution in [3.05, 3.63) is 22.9 Å². The van der Waals surface area contributed by atoms with Crippen LogP contribution in [-0.2, 0) is 26.6 Å². The number of alkyl halides is 3. The second kappa shape index (κ2) is 15.1. The van der Waals surface area contributed by atoms with E-state index in [9.17, 15) is 18.0 Å². The van der Waals surface area contributed by atoms with Gasteiger partial charge in [0.25, 0.3) is 0 Å². The van der Waals surface area contributed by atoms with E-state index in [1.807, 2.05) is 0 Å². The van der Waals surface area contributed by atoms with E-state index in [0.717, 1.165) is 25.7 Å². The van der Waals surface area contributed by atoms with Crippen LogP contribution in [0.5, 0.6) is 0 Å². The maximum absolute atomic E-state index is 12.2. The van der Waals surface area contributed by atoms with E-state index in [0.29, 0.717) is 6.42 Å². The zero-order chi connectivity index (χ0) is 18.4. The Kier molecular flexibility index (Phi) is 15.7. The minimum Gasteiger partial charge on any atom is -0.515 e. The molecule has 0 rings (SSSR count). The summed E-state index contributed by atoms with van der Waals surface area (Å²) in [6.07, 6.45) is 5.67. The van der Waals surface area contributed by atoms with Crippen molar-refractivity contribution < 1.29 is 44.9 Å². The molecule has 0 aromatic carbocycles. The van der Waals surface area contributed by atoms with Crippen LogP contribution in [0.15, 0.2) is 11.5 Å². The van der Waals surface area contributed by atoms with Crippen LogP contribution < -0.4 is 0 Å². The zero-order valence-electron chi connectivity index (χ0n) is 14.4. The van der Waals surface area contributed by atoms with E-state index in [-0.39, 0.29) is 23.7 Å². The first-order chi connectivity index (χ1) is 11.3. The van der Waals surface area contributed by atoms with E-state index in [1.165, 1.54) is 32.1 Å². The molecule has 8 heteroatoms. The smallest absolute Gasteiger partial charge is 0.438 e. The molecule has 1 radical (unpaired) electrons. The molecule has 0 saturated carbocycles. The summed E-state index contributed by atoms with van der Waals surface area (Å²) >= 11 is 0. The number of carbonyl (C=O) groups excluding carboxylic acids is 1. The van der Waals surface area contributed by atoms with Crippen molar-refractivity contribution in [1.82, 2.24) is 0 Å². The molecule has 0 unspecified atom stereocenters. The summed E-state index contributed by atoms with van der Waals surface area (Å²) in [5.41, 5.74) is -1.42. The average Bonchev–Trinajstić information content (AvgIpc) is 2.52. The van der Waals surface area contributed by atoms with Gasteiger partial charge in [-0.1, -0.05) is 64.7 Å². The van der Waals surface area contributed by atoms with E-state index in [1.54, 1.807) is 0 Å². The number of esters is 1. The molecule has 0 aromatic rings. The molecule has 0 aliphatic rings. The van der Waals surface area contributed by atoms with Crippen molar-refractivity contribution in [3.63, 3.8) is 0 Å². The van der Waals surface area contributed by atoms with Crippen LogP contribution in [0, 0.1) is 6.57 Å². The van der Waals surface area contributed by atoms with Gasteiger partial charge < -0.3 is 9.84 Å². The number of rotatable bonds is 12. The molecule has 25 heavy (non-hydrogen) atoms. The number of nitrogens with zero attached hydrogens (tertiary/aromatic N) is 1. The monoisotopic (exact) mass is 412 g/mol. The number of hydrogen-bond donors (Lipinski definition) is 1. The van der Waals surface area contributed by atoms with Gasteiger partial charge in [0.1, 0.15) is 0 Å². The van der Waals surface area contributed by atoms with Crippen LogP contribution in [0.1, 0.15) is 71.1 Å². The first kappa shape index (κ1) is 26.0. The fourth-order valence-electron chi connectivity index (χ4n) is 2.15. The topological polar surface area (TPSA) is 50.9 Å². The predicted octanol–water partition coefficient (Wildman–Crippen LogP) is 5.70. The molecule has 0 bridgehead atoms. The van der Waals surface area contributed by atoms with Gasteiger partial charge in [-0.15, -0.1) is 0 Å². The Bertz CT molecular complexity index is 445. The molecule has 0 fully saturated rings. The average molecular weight is 413 g/mol. The van der Waals surface area contributed by atoms with Crippen LogP contribution in [0.2, 0.25) is 0 Å². The first-order valence-corrected chi connectivity index (χ1v) is 8.39. The van der Waals surface area contributed by atoms with E-state index < -0.39 is 23.6 Å². The number of allylic oxidation sites excluding steroid dienone is 1. The third kappa shape index (κ3) is 12.8. The zero-order valence-corrected chi connectivity index (χ0v) is 15.4. The SMILES string of the molecule is [C-]#[N+]/C(C(=O)OCCCCCCCCCCCC)=C(/O)C(F)(F)F.[Cu]. The van der Waals surface area contributed by atoms with E-state index >= 15 is 0 Å². The van der Waals surface area contributed by atoms with Gasteiger partial charge in [0, 0.05) is 17.1 Å². The summed E-state index contributed by atoms with van der Waals surface area (Å²) in [5.74, 6) is -3.64. The van der Waals surface area contributed by atoms with Crippen molar-refractivity contribution in [2.75, 3.05) is 6.61 Å². The number of aliphatic hydroxyl groups excluding tert-OH is 1. The molecule has 0 heterocycles. The Morgan fingerprint density at radius 2 is 1.44 bits per heavy atom. The van der Waals surface area contributed by atoms with Gasteiger partial charge in [0.15, 0.2) is 0 Å².